The summed E-state index contributed by atoms with van der Waals surface area (Å²) < 4.78 is 18.0. The Morgan fingerprint density at radius 2 is 1.69 bits per heavy atom. The number of halogens is 1. The molecule has 0 saturated heterocycles. The fourth-order valence-corrected chi connectivity index (χ4v) is 4.05. The predicted molar refractivity (Wildman–Crippen MR) is 137 cm³/mol. The quantitative estimate of drug-likeness (QED) is 0.205. The van der Waals surface area contributed by atoms with Gasteiger partial charge in [0, 0.05) is 16.7 Å². The van der Waals surface area contributed by atoms with Crippen LogP contribution in [0.4, 0.5) is 5.69 Å². The van der Waals surface area contributed by atoms with E-state index >= 15 is 0 Å². The highest BCUT2D eigenvalue weighted by atomic mass is 79.9. The zero-order chi connectivity index (χ0) is 26.1. The Morgan fingerprint density at radius 1 is 1.06 bits per heavy atom. The predicted octanol–water partition coefficient (Wildman–Crippen LogP) is 4.11. The van der Waals surface area contributed by atoms with Crippen LogP contribution >= 0.6 is 27.7 Å². The van der Waals surface area contributed by atoms with Gasteiger partial charge in [0.05, 0.1) is 31.1 Å². The molecule has 0 fully saturated rings. The molecule has 0 aliphatic carbocycles. The summed E-state index contributed by atoms with van der Waals surface area (Å²) in [5.41, 5.74) is 0.453. The maximum absolute atomic E-state index is 12.6. The van der Waals surface area contributed by atoms with Gasteiger partial charge in [-0.15, -0.1) is 16.8 Å². The summed E-state index contributed by atoms with van der Waals surface area (Å²) in [5.74, 6) is -0.422. The Bertz CT molecular complexity index is 1230. The lowest BCUT2D eigenvalue weighted by molar-refractivity contribution is -0.113. The Kier molecular flexibility index (Phi) is 9.65. The van der Waals surface area contributed by atoms with Gasteiger partial charge in [-0.25, -0.2) is 9.59 Å². The van der Waals surface area contributed by atoms with Crippen LogP contribution in [0.25, 0.3) is 0 Å². The number of benzene rings is 2. The van der Waals surface area contributed by atoms with Crippen LogP contribution in [-0.2, 0) is 27.4 Å². The van der Waals surface area contributed by atoms with Gasteiger partial charge in [0.1, 0.15) is 12.4 Å². The van der Waals surface area contributed by atoms with Crippen molar-refractivity contribution in [2.24, 2.45) is 0 Å². The van der Waals surface area contributed by atoms with Gasteiger partial charge < -0.3 is 19.5 Å². The summed E-state index contributed by atoms with van der Waals surface area (Å²) >= 11 is 4.56. The number of amides is 1. The van der Waals surface area contributed by atoms with Gasteiger partial charge in [-0.2, -0.15) is 0 Å². The van der Waals surface area contributed by atoms with Crippen molar-refractivity contribution in [1.29, 1.82) is 0 Å². The Hall–Kier alpha value is -3.64. The lowest BCUT2D eigenvalue weighted by atomic mass is 10.1. The Balaban J connectivity index is 1.68. The molecule has 10 nitrogen and oxygen atoms in total. The van der Waals surface area contributed by atoms with Crippen LogP contribution in [0.2, 0.25) is 0 Å². The molecule has 0 bridgehead atoms. The van der Waals surface area contributed by atoms with Gasteiger partial charge in [0.2, 0.25) is 5.91 Å². The van der Waals surface area contributed by atoms with Crippen LogP contribution in [-0.4, -0.2) is 52.6 Å². The minimum atomic E-state index is -0.652. The van der Waals surface area contributed by atoms with Crippen molar-refractivity contribution in [3.8, 4) is 5.75 Å². The highest BCUT2D eigenvalue weighted by molar-refractivity contribution is 9.10. The van der Waals surface area contributed by atoms with Gasteiger partial charge in [-0.1, -0.05) is 33.8 Å². The van der Waals surface area contributed by atoms with E-state index in [-0.39, 0.29) is 35.1 Å². The van der Waals surface area contributed by atoms with Gasteiger partial charge >= 0.3 is 11.9 Å². The molecule has 1 aromatic heterocycles. The van der Waals surface area contributed by atoms with Crippen molar-refractivity contribution < 1.29 is 28.6 Å². The van der Waals surface area contributed by atoms with E-state index in [2.05, 4.69) is 38.0 Å². The summed E-state index contributed by atoms with van der Waals surface area (Å²) in [6.45, 7) is 4.39. The average molecular weight is 575 g/mol. The third-order valence-corrected chi connectivity index (χ3v) is 6.17. The van der Waals surface area contributed by atoms with Crippen molar-refractivity contribution in [2.75, 3.05) is 25.3 Å². The van der Waals surface area contributed by atoms with Crippen LogP contribution in [0, 0.1) is 0 Å². The highest BCUT2D eigenvalue weighted by Gasteiger charge is 2.17. The van der Waals surface area contributed by atoms with Crippen LogP contribution in [0.15, 0.2) is 64.7 Å². The van der Waals surface area contributed by atoms with E-state index in [1.807, 2.05) is 24.3 Å². The van der Waals surface area contributed by atoms with Crippen LogP contribution in [0.1, 0.15) is 26.5 Å². The molecule has 2 aromatic carbocycles. The second-order valence-electron chi connectivity index (χ2n) is 7.16. The average Bonchev–Trinajstić information content (AvgIpc) is 3.27. The van der Waals surface area contributed by atoms with Gasteiger partial charge in [-0.05, 0) is 42.5 Å². The largest absolute Gasteiger partial charge is 0.486 e. The third-order valence-electron chi connectivity index (χ3n) is 4.68. The third kappa shape index (κ3) is 7.18. The Morgan fingerprint density at radius 3 is 2.28 bits per heavy atom. The van der Waals surface area contributed by atoms with Crippen molar-refractivity contribution in [3.63, 3.8) is 0 Å². The standard InChI is InChI=1S/C24H23BrN4O6S/c1-4-9-29-20(13-35-19-7-5-17(25)6-8-19)27-28-24(29)36-14-21(30)26-18-11-15(22(31)33-2)10-16(12-18)23(32)34-3/h4-8,10-12H,1,9,13-14H2,2-3H3,(H,26,30). The molecule has 0 radical (unpaired) electrons. The molecule has 3 rings (SSSR count). The number of ether oxygens (including phenoxy) is 3. The molecular formula is C24H23BrN4O6S. The summed E-state index contributed by atoms with van der Waals surface area (Å²) in [5, 5.41) is 11.6. The van der Waals surface area contributed by atoms with Crippen molar-refractivity contribution in [2.45, 2.75) is 18.3 Å². The molecule has 188 valence electrons. The number of carbonyl (C=O) groups excluding carboxylic acids is 3. The van der Waals surface area contributed by atoms with E-state index in [9.17, 15) is 14.4 Å². The van der Waals surface area contributed by atoms with E-state index < -0.39 is 11.9 Å². The van der Waals surface area contributed by atoms with Crippen molar-refractivity contribution in [1.82, 2.24) is 14.8 Å². The minimum Gasteiger partial charge on any atom is -0.486 e. The topological polar surface area (TPSA) is 122 Å². The number of thioether (sulfide) groups is 1. The lowest BCUT2D eigenvalue weighted by Crippen LogP contribution is -2.16. The van der Waals surface area contributed by atoms with Gasteiger partial charge in [-0.3, -0.25) is 9.36 Å². The van der Waals surface area contributed by atoms with E-state index in [4.69, 9.17) is 14.2 Å². The number of esters is 2. The fraction of sp³-hybridized carbons (Fsp3) is 0.208. The smallest absolute Gasteiger partial charge is 0.337 e. The fourth-order valence-electron chi connectivity index (χ4n) is 3.02. The molecule has 3 aromatic rings. The van der Waals surface area contributed by atoms with Crippen molar-refractivity contribution >= 4 is 51.2 Å². The second-order valence-corrected chi connectivity index (χ2v) is 9.02. The molecule has 0 unspecified atom stereocenters. The molecule has 36 heavy (non-hydrogen) atoms. The molecule has 0 aliphatic heterocycles. The number of nitrogens with one attached hydrogen (secondary N) is 1. The maximum Gasteiger partial charge on any atom is 0.337 e. The first kappa shape index (κ1) is 27.0. The van der Waals surface area contributed by atoms with Crippen LogP contribution < -0.4 is 10.1 Å². The molecule has 12 heteroatoms. The molecular weight excluding hydrogens is 552 g/mol. The molecule has 1 amide bonds. The molecule has 0 spiro atoms. The summed E-state index contributed by atoms with van der Waals surface area (Å²) in [6, 6.07) is 11.6. The molecule has 0 saturated carbocycles. The number of rotatable bonds is 11. The first-order valence-electron chi connectivity index (χ1n) is 10.5. The second kappa shape index (κ2) is 12.9. The SMILES string of the molecule is C=CCn1c(COc2ccc(Br)cc2)nnc1SCC(=O)Nc1cc(C(=O)OC)cc(C(=O)OC)c1. The number of aromatic nitrogens is 3. The van der Waals surface area contributed by atoms with Gasteiger partial charge in [0.15, 0.2) is 11.0 Å². The number of allylic oxidation sites excluding steroid dienone is 1. The number of anilines is 1. The summed E-state index contributed by atoms with van der Waals surface area (Å²) in [6.07, 6.45) is 1.70. The summed E-state index contributed by atoms with van der Waals surface area (Å²) in [4.78, 5) is 36.5. The molecule has 1 N–H and O–H groups in total. The Labute approximate surface area is 220 Å². The van der Waals surface area contributed by atoms with Crippen LogP contribution in [0.3, 0.4) is 0 Å². The zero-order valence-electron chi connectivity index (χ0n) is 19.5. The number of hydrogen-bond donors (Lipinski definition) is 1. The number of methoxy groups -OCH3 is 2. The maximum atomic E-state index is 12.6. The first-order chi connectivity index (χ1) is 17.3. The van der Waals surface area contributed by atoms with Crippen molar-refractivity contribution in [3.05, 3.63) is 76.5 Å². The zero-order valence-corrected chi connectivity index (χ0v) is 21.9. The van der Waals surface area contributed by atoms with Crippen LogP contribution in [0.5, 0.6) is 5.75 Å². The highest BCUT2D eigenvalue weighted by Crippen LogP contribution is 2.22. The molecule has 1 heterocycles. The normalized spacial score (nSPS) is 10.4. The number of hydrogen-bond acceptors (Lipinski definition) is 9. The summed E-state index contributed by atoms with van der Waals surface area (Å²) in [7, 11) is 2.44. The monoisotopic (exact) mass is 574 g/mol. The lowest BCUT2D eigenvalue weighted by Gasteiger charge is -2.10. The van der Waals surface area contributed by atoms with Gasteiger partial charge in [0.25, 0.3) is 0 Å². The van der Waals surface area contributed by atoms with E-state index in [0.717, 1.165) is 4.47 Å². The first-order valence-corrected chi connectivity index (χ1v) is 12.3. The number of carbonyl (C=O) groups is 3. The van der Waals surface area contributed by atoms with E-state index in [1.165, 1.54) is 44.2 Å². The van der Waals surface area contributed by atoms with E-state index in [1.54, 1.807) is 10.6 Å². The molecule has 0 aliphatic rings. The van der Waals surface area contributed by atoms with E-state index in [0.29, 0.717) is 23.3 Å². The number of nitrogens with zero attached hydrogens (tertiary/aromatic N) is 3. The molecule has 0 atom stereocenters. The minimum absolute atomic E-state index is 0.00114.